The van der Waals surface area contributed by atoms with Crippen molar-refractivity contribution in [2.45, 2.75) is 31.1 Å². The van der Waals surface area contributed by atoms with Crippen molar-refractivity contribution >= 4 is 64.6 Å². The zero-order chi connectivity index (χ0) is 28.3. The number of nitrogens with zero attached hydrogens (tertiary/aromatic N) is 1. The molecule has 8 nitrogen and oxygen atoms in total. The fourth-order valence-electron chi connectivity index (χ4n) is 7.27. The highest BCUT2D eigenvalue weighted by atomic mass is 16.6. The molecule has 8 heteroatoms. The van der Waals surface area contributed by atoms with Gasteiger partial charge in [0.25, 0.3) is 5.56 Å². The van der Waals surface area contributed by atoms with E-state index in [1.165, 1.54) is 70.7 Å². The number of aliphatic hydroxyl groups excluding tert-OH is 2. The standard InChI is InChI=1S/C34H24N2O6/c37-14-23-31(39)32(33(42-23)36-12-11-24(38)35-34(36)40)41-15-21-13-20-8-7-18-4-2-16-1-3-17-5-6-19-9-10-22(21)30-28(19)26(17)25(16)27(18)29(20)30/h1-13,23,31-33,37,39H,14-15H2,(H,35,38,40)/t23-,31?,32+,33-/m1/s1. The molecule has 8 aromatic rings. The zero-order valence-electron chi connectivity index (χ0n) is 22.2. The quantitative estimate of drug-likeness (QED) is 0.211. The number of hydrogen-bond acceptors (Lipinski definition) is 6. The van der Waals surface area contributed by atoms with Gasteiger partial charge >= 0.3 is 5.69 Å². The Bertz CT molecular complexity index is 2370. The predicted molar refractivity (Wildman–Crippen MR) is 162 cm³/mol. The van der Waals surface area contributed by atoms with Gasteiger partial charge in [0.05, 0.1) is 13.2 Å². The van der Waals surface area contributed by atoms with Crippen LogP contribution < -0.4 is 11.2 Å². The molecule has 1 saturated heterocycles. The number of aromatic amines is 1. The minimum absolute atomic E-state index is 0.135. The maximum Gasteiger partial charge on any atom is 0.330 e. The van der Waals surface area contributed by atoms with E-state index in [1.807, 2.05) is 0 Å². The van der Waals surface area contributed by atoms with Gasteiger partial charge in [0, 0.05) is 12.3 Å². The Morgan fingerprint density at radius 2 is 1.31 bits per heavy atom. The van der Waals surface area contributed by atoms with Crippen molar-refractivity contribution in [2.24, 2.45) is 0 Å². The molecule has 3 N–H and O–H groups in total. The third kappa shape index (κ3) is 3.09. The molecule has 0 aliphatic carbocycles. The zero-order valence-corrected chi connectivity index (χ0v) is 22.2. The van der Waals surface area contributed by atoms with E-state index < -0.39 is 42.4 Å². The average Bonchev–Trinajstić information content (AvgIpc) is 3.32. The number of nitrogens with one attached hydrogen (secondary N) is 1. The first-order valence-electron chi connectivity index (χ1n) is 14.0. The molecular formula is C34H24N2O6. The molecule has 1 aliphatic rings. The molecule has 206 valence electrons. The number of H-pyrrole nitrogens is 1. The number of ether oxygens (including phenoxy) is 2. The number of aliphatic hydroxyl groups is 2. The van der Waals surface area contributed by atoms with Crippen molar-refractivity contribution in [3.05, 3.63) is 105 Å². The van der Waals surface area contributed by atoms with Crippen LogP contribution in [0, 0.1) is 0 Å². The molecule has 7 aromatic carbocycles. The van der Waals surface area contributed by atoms with Gasteiger partial charge in [-0.25, -0.2) is 4.79 Å². The summed E-state index contributed by atoms with van der Waals surface area (Å²) in [5.41, 5.74) is -0.283. The van der Waals surface area contributed by atoms with Crippen molar-refractivity contribution in [3.63, 3.8) is 0 Å². The molecule has 0 saturated carbocycles. The monoisotopic (exact) mass is 556 g/mol. The smallest absolute Gasteiger partial charge is 0.330 e. The topological polar surface area (TPSA) is 114 Å². The minimum atomic E-state index is -1.19. The first-order chi connectivity index (χ1) is 20.5. The van der Waals surface area contributed by atoms with Crippen molar-refractivity contribution < 1.29 is 19.7 Å². The van der Waals surface area contributed by atoms with Crippen molar-refractivity contribution in [1.82, 2.24) is 9.55 Å². The van der Waals surface area contributed by atoms with Crippen LogP contribution in [0.4, 0.5) is 0 Å². The third-order valence-electron chi connectivity index (χ3n) is 9.14. The van der Waals surface area contributed by atoms with Gasteiger partial charge in [-0.3, -0.25) is 14.3 Å². The Hall–Kier alpha value is -4.60. The van der Waals surface area contributed by atoms with Gasteiger partial charge in [-0.15, -0.1) is 0 Å². The van der Waals surface area contributed by atoms with Gasteiger partial charge in [-0.1, -0.05) is 60.7 Å². The maximum absolute atomic E-state index is 12.6. The molecule has 9 rings (SSSR count). The molecule has 0 radical (unpaired) electrons. The van der Waals surface area contributed by atoms with Crippen molar-refractivity contribution in [3.8, 4) is 0 Å². The maximum atomic E-state index is 12.6. The van der Waals surface area contributed by atoms with E-state index in [4.69, 9.17) is 9.47 Å². The summed E-state index contributed by atoms with van der Waals surface area (Å²) in [6.45, 7) is -0.312. The molecule has 0 spiro atoms. The van der Waals surface area contributed by atoms with Gasteiger partial charge < -0.3 is 19.7 Å². The van der Waals surface area contributed by atoms with Crippen LogP contribution in [-0.4, -0.2) is 44.7 Å². The lowest BCUT2D eigenvalue weighted by atomic mass is 9.82. The molecule has 1 aromatic heterocycles. The van der Waals surface area contributed by atoms with Crippen LogP contribution in [0.5, 0.6) is 0 Å². The van der Waals surface area contributed by atoms with Crippen molar-refractivity contribution in [1.29, 1.82) is 0 Å². The molecular weight excluding hydrogens is 532 g/mol. The molecule has 0 bridgehead atoms. The first-order valence-corrected chi connectivity index (χ1v) is 14.0. The largest absolute Gasteiger partial charge is 0.394 e. The molecule has 1 aliphatic heterocycles. The van der Waals surface area contributed by atoms with Crippen LogP contribution in [-0.2, 0) is 16.1 Å². The predicted octanol–water partition coefficient (Wildman–Crippen LogP) is 4.61. The highest BCUT2D eigenvalue weighted by Crippen LogP contribution is 2.49. The number of rotatable bonds is 5. The van der Waals surface area contributed by atoms with Crippen LogP contribution >= 0.6 is 0 Å². The summed E-state index contributed by atoms with van der Waals surface area (Å²) in [6.07, 6.45) is -2.81. The van der Waals surface area contributed by atoms with Crippen LogP contribution in [0.15, 0.2) is 88.6 Å². The number of aromatic nitrogens is 2. The van der Waals surface area contributed by atoms with Gasteiger partial charge in [0.1, 0.15) is 18.3 Å². The Labute approximate surface area is 236 Å². The molecule has 1 unspecified atom stereocenters. The molecule has 2 heterocycles. The van der Waals surface area contributed by atoms with E-state index in [9.17, 15) is 19.8 Å². The van der Waals surface area contributed by atoms with Crippen LogP contribution in [0.25, 0.3) is 64.6 Å². The van der Waals surface area contributed by atoms with E-state index in [1.54, 1.807) is 0 Å². The van der Waals surface area contributed by atoms with Gasteiger partial charge in [-0.05, 0) is 76.3 Å². The molecule has 42 heavy (non-hydrogen) atoms. The number of hydrogen-bond donors (Lipinski definition) is 3. The summed E-state index contributed by atoms with van der Waals surface area (Å²) in [4.78, 5) is 26.5. The van der Waals surface area contributed by atoms with Gasteiger partial charge in [0.2, 0.25) is 0 Å². The van der Waals surface area contributed by atoms with Crippen LogP contribution in [0.3, 0.4) is 0 Å². The Balaban J connectivity index is 1.24. The second kappa shape index (κ2) is 8.47. The summed E-state index contributed by atoms with van der Waals surface area (Å²) in [6, 6.07) is 25.1. The normalized spacial score (nSPS) is 21.5. The Morgan fingerprint density at radius 1 is 0.762 bits per heavy atom. The van der Waals surface area contributed by atoms with E-state index in [0.29, 0.717) is 0 Å². The lowest BCUT2D eigenvalue weighted by Crippen LogP contribution is -2.39. The lowest BCUT2D eigenvalue weighted by molar-refractivity contribution is -0.0795. The SMILES string of the molecule is O=c1ccn([C@@H]2O[C@H](CO)C(O)[C@@H]2OCc2cc3ccc4ccc5ccc6ccc7ccc2c2c7c6c5c4c32)c(=O)[nH]1. The van der Waals surface area contributed by atoms with E-state index in [0.717, 1.165) is 16.3 Å². The van der Waals surface area contributed by atoms with Gasteiger partial charge in [0.15, 0.2) is 6.23 Å². The molecule has 0 amide bonds. The van der Waals surface area contributed by atoms with Crippen LogP contribution in [0.2, 0.25) is 0 Å². The molecule has 1 fully saturated rings. The third-order valence-corrected chi connectivity index (χ3v) is 9.14. The summed E-state index contributed by atoms with van der Waals surface area (Å²) in [7, 11) is 0. The second-order valence-electron chi connectivity index (χ2n) is 11.3. The fourth-order valence-corrected chi connectivity index (χ4v) is 7.27. The highest BCUT2D eigenvalue weighted by Gasteiger charge is 2.45. The second-order valence-corrected chi connectivity index (χ2v) is 11.3. The summed E-state index contributed by atoms with van der Waals surface area (Å²) < 4.78 is 13.4. The average molecular weight is 557 g/mol. The Kier molecular flexibility index (Phi) is 4.85. The van der Waals surface area contributed by atoms with E-state index in [2.05, 4.69) is 71.7 Å². The van der Waals surface area contributed by atoms with E-state index >= 15 is 0 Å². The van der Waals surface area contributed by atoms with Crippen LogP contribution in [0.1, 0.15) is 11.8 Å². The first kappa shape index (κ1) is 24.0. The summed E-state index contributed by atoms with van der Waals surface area (Å²) in [5.74, 6) is 0. The van der Waals surface area contributed by atoms with Gasteiger partial charge in [-0.2, -0.15) is 0 Å². The van der Waals surface area contributed by atoms with Crippen molar-refractivity contribution in [2.75, 3.05) is 6.61 Å². The summed E-state index contributed by atoms with van der Waals surface area (Å²) in [5, 5.41) is 35.3. The number of benzene rings is 7. The lowest BCUT2D eigenvalue weighted by Gasteiger charge is -2.24. The highest BCUT2D eigenvalue weighted by molar-refractivity contribution is 6.44. The fraction of sp³-hybridized carbons (Fsp3) is 0.176. The Morgan fingerprint density at radius 3 is 1.90 bits per heavy atom. The summed E-state index contributed by atoms with van der Waals surface area (Å²) >= 11 is 0. The minimum Gasteiger partial charge on any atom is -0.394 e. The van der Waals surface area contributed by atoms with E-state index in [-0.39, 0.29) is 6.61 Å². The molecule has 4 atom stereocenters.